The second kappa shape index (κ2) is 5.48. The van der Waals surface area contributed by atoms with Crippen LogP contribution in [0.15, 0.2) is 24.3 Å². The van der Waals surface area contributed by atoms with Crippen LogP contribution < -0.4 is 5.32 Å². The van der Waals surface area contributed by atoms with Crippen LogP contribution in [0.5, 0.6) is 0 Å². The van der Waals surface area contributed by atoms with Crippen LogP contribution in [0.1, 0.15) is 31.7 Å². The number of carbonyl (C=O) groups is 1. The van der Waals surface area contributed by atoms with Crippen molar-refractivity contribution in [3.8, 4) is 10.4 Å². The van der Waals surface area contributed by atoms with E-state index >= 15 is 0 Å². The lowest BCUT2D eigenvalue weighted by atomic mass is 9.82. The molecule has 2 heterocycles. The van der Waals surface area contributed by atoms with Gasteiger partial charge in [0.2, 0.25) is 5.91 Å². The monoisotopic (exact) mass is 350 g/mol. The molecule has 0 radical (unpaired) electrons. The third kappa shape index (κ3) is 2.14. The lowest BCUT2D eigenvalue weighted by Crippen LogP contribution is -2.39. The van der Waals surface area contributed by atoms with Crippen molar-refractivity contribution in [1.29, 1.82) is 0 Å². The standard InChI is InChI=1S/C16H15ClN2OS2/c17-11-7-3-1-5-9(11)13-14-18-15(20)10-6-2-4-8-12(10)19(14)16(21)22-13/h1,3,5,7,10,12H,2,4,6,8H2,(H,18,20). The van der Waals surface area contributed by atoms with Crippen LogP contribution in [0.4, 0.5) is 5.82 Å². The van der Waals surface area contributed by atoms with Gasteiger partial charge >= 0.3 is 0 Å². The molecular weight excluding hydrogens is 336 g/mol. The first-order valence-corrected chi connectivity index (χ1v) is 9.08. The predicted molar refractivity (Wildman–Crippen MR) is 93.2 cm³/mol. The summed E-state index contributed by atoms with van der Waals surface area (Å²) in [4.78, 5) is 13.4. The number of fused-ring (bicyclic) bond motifs is 3. The van der Waals surface area contributed by atoms with Crippen molar-refractivity contribution in [1.82, 2.24) is 4.57 Å². The van der Waals surface area contributed by atoms with Crippen LogP contribution in [0.3, 0.4) is 0 Å². The Morgan fingerprint density at radius 2 is 2.05 bits per heavy atom. The molecule has 0 spiro atoms. The molecule has 2 aliphatic rings. The zero-order valence-electron chi connectivity index (χ0n) is 11.8. The Kier molecular flexibility index (Phi) is 3.59. The van der Waals surface area contributed by atoms with Crippen LogP contribution in [0, 0.1) is 9.87 Å². The molecule has 1 N–H and O–H groups in total. The minimum absolute atomic E-state index is 0.0571. The van der Waals surface area contributed by atoms with Crippen LogP contribution in [0.2, 0.25) is 5.02 Å². The Hall–Kier alpha value is -1.17. The summed E-state index contributed by atoms with van der Waals surface area (Å²) in [7, 11) is 0. The molecule has 1 aliphatic heterocycles. The molecule has 0 bridgehead atoms. The van der Waals surface area contributed by atoms with Crippen molar-refractivity contribution < 1.29 is 4.79 Å². The van der Waals surface area contributed by atoms with Crippen molar-refractivity contribution in [2.24, 2.45) is 5.92 Å². The number of amides is 1. The van der Waals surface area contributed by atoms with E-state index in [4.69, 9.17) is 23.8 Å². The van der Waals surface area contributed by atoms with E-state index in [9.17, 15) is 4.79 Å². The van der Waals surface area contributed by atoms with Crippen LogP contribution in [-0.4, -0.2) is 10.5 Å². The van der Waals surface area contributed by atoms with Crippen LogP contribution in [-0.2, 0) is 4.79 Å². The number of hydrogen-bond acceptors (Lipinski definition) is 3. The maximum atomic E-state index is 12.5. The molecule has 1 amide bonds. The van der Waals surface area contributed by atoms with Crippen molar-refractivity contribution in [2.75, 3.05) is 5.32 Å². The highest BCUT2D eigenvalue weighted by atomic mass is 35.5. The van der Waals surface area contributed by atoms with Gasteiger partial charge in [0, 0.05) is 16.6 Å². The summed E-state index contributed by atoms with van der Waals surface area (Å²) in [5.41, 5.74) is 0.934. The average Bonchev–Trinajstić information content (AvgIpc) is 2.85. The Balaban J connectivity index is 1.91. The largest absolute Gasteiger partial charge is 0.311 e. The highest BCUT2D eigenvalue weighted by Crippen LogP contribution is 2.47. The van der Waals surface area contributed by atoms with Gasteiger partial charge in [0.1, 0.15) is 5.82 Å². The number of rotatable bonds is 1. The maximum absolute atomic E-state index is 12.5. The number of halogens is 1. The summed E-state index contributed by atoms with van der Waals surface area (Å²) >= 11 is 13.5. The van der Waals surface area contributed by atoms with Gasteiger partial charge < -0.3 is 9.88 Å². The Morgan fingerprint density at radius 1 is 1.27 bits per heavy atom. The van der Waals surface area contributed by atoms with E-state index in [1.807, 2.05) is 24.3 Å². The molecule has 1 saturated carbocycles. The number of benzene rings is 1. The molecule has 114 valence electrons. The third-order valence-corrected chi connectivity index (χ3v) is 6.37. The normalized spacial score (nSPS) is 23.6. The quantitative estimate of drug-likeness (QED) is 0.709. The second-order valence-corrected chi connectivity index (χ2v) is 7.89. The van der Waals surface area contributed by atoms with Crippen LogP contribution in [0.25, 0.3) is 10.4 Å². The topological polar surface area (TPSA) is 34.0 Å². The first-order chi connectivity index (χ1) is 10.7. The molecule has 3 nitrogen and oxygen atoms in total. The highest BCUT2D eigenvalue weighted by molar-refractivity contribution is 7.73. The number of nitrogens with one attached hydrogen (secondary N) is 1. The van der Waals surface area contributed by atoms with Crippen LogP contribution >= 0.6 is 35.2 Å². The van der Waals surface area contributed by atoms with Gasteiger partial charge in [-0.05, 0) is 31.1 Å². The zero-order valence-corrected chi connectivity index (χ0v) is 14.2. The fourth-order valence-corrected chi connectivity index (χ4v) is 5.36. The molecular formula is C16H15ClN2OS2. The van der Waals surface area contributed by atoms with Gasteiger partial charge in [-0.25, -0.2) is 0 Å². The minimum Gasteiger partial charge on any atom is -0.311 e. The number of aromatic nitrogens is 1. The van der Waals surface area contributed by atoms with E-state index < -0.39 is 0 Å². The minimum atomic E-state index is 0.0571. The van der Waals surface area contributed by atoms with Crippen molar-refractivity contribution in [3.05, 3.63) is 33.2 Å². The summed E-state index contributed by atoms with van der Waals surface area (Å²) < 4.78 is 2.98. The van der Waals surface area contributed by atoms with E-state index in [0.717, 1.165) is 45.9 Å². The van der Waals surface area contributed by atoms with Gasteiger partial charge in [0.15, 0.2) is 3.95 Å². The number of nitrogens with zero attached hydrogens (tertiary/aromatic N) is 1. The number of thiazole rings is 1. The van der Waals surface area contributed by atoms with Gasteiger partial charge in [-0.2, -0.15) is 0 Å². The van der Waals surface area contributed by atoms with E-state index in [-0.39, 0.29) is 17.9 Å². The smallest absolute Gasteiger partial charge is 0.230 e. The van der Waals surface area contributed by atoms with Gasteiger partial charge in [0.25, 0.3) is 0 Å². The molecule has 22 heavy (non-hydrogen) atoms. The van der Waals surface area contributed by atoms with Crippen molar-refractivity contribution >= 4 is 46.9 Å². The fourth-order valence-electron chi connectivity index (χ4n) is 3.57. The lowest BCUT2D eigenvalue weighted by Gasteiger charge is -2.36. The van der Waals surface area contributed by atoms with Crippen molar-refractivity contribution in [3.63, 3.8) is 0 Å². The Labute approximate surface area is 142 Å². The van der Waals surface area contributed by atoms with E-state index in [2.05, 4.69) is 9.88 Å². The molecule has 1 fully saturated rings. The SMILES string of the molecule is O=C1Nc2c(-c3ccccc3Cl)sc(=S)n2C2CCCCC12. The molecule has 2 aromatic rings. The molecule has 2 atom stereocenters. The second-order valence-electron chi connectivity index (χ2n) is 5.84. The van der Waals surface area contributed by atoms with Gasteiger partial charge in [-0.1, -0.05) is 42.6 Å². The average molecular weight is 351 g/mol. The van der Waals surface area contributed by atoms with E-state index in [0.29, 0.717) is 5.02 Å². The van der Waals surface area contributed by atoms with Gasteiger partial charge in [-0.3, -0.25) is 4.79 Å². The van der Waals surface area contributed by atoms with E-state index in [1.165, 1.54) is 11.3 Å². The first kappa shape index (κ1) is 14.4. The summed E-state index contributed by atoms with van der Waals surface area (Å²) in [6.07, 6.45) is 4.26. The highest BCUT2D eigenvalue weighted by Gasteiger charge is 2.39. The molecule has 1 aliphatic carbocycles. The summed E-state index contributed by atoms with van der Waals surface area (Å²) in [6.45, 7) is 0. The molecule has 0 saturated heterocycles. The molecule has 2 unspecified atom stereocenters. The van der Waals surface area contributed by atoms with Gasteiger partial charge in [0.05, 0.1) is 10.8 Å². The Bertz CT molecular complexity index is 811. The molecule has 1 aromatic heterocycles. The molecule has 6 heteroatoms. The lowest BCUT2D eigenvalue weighted by molar-refractivity contribution is -0.123. The molecule has 4 rings (SSSR count). The maximum Gasteiger partial charge on any atom is 0.230 e. The van der Waals surface area contributed by atoms with Gasteiger partial charge in [-0.15, -0.1) is 11.3 Å². The molecule has 1 aromatic carbocycles. The first-order valence-electron chi connectivity index (χ1n) is 7.48. The third-order valence-electron chi connectivity index (χ3n) is 4.60. The summed E-state index contributed by atoms with van der Waals surface area (Å²) in [5, 5.41) is 3.77. The Morgan fingerprint density at radius 3 is 2.86 bits per heavy atom. The van der Waals surface area contributed by atoms with E-state index in [1.54, 1.807) is 0 Å². The summed E-state index contributed by atoms with van der Waals surface area (Å²) in [6, 6.07) is 7.91. The fraction of sp³-hybridized carbons (Fsp3) is 0.375. The number of carbonyl (C=O) groups excluding carboxylic acids is 1. The summed E-state index contributed by atoms with van der Waals surface area (Å²) in [5.74, 6) is 1.02. The van der Waals surface area contributed by atoms with Crippen molar-refractivity contribution in [2.45, 2.75) is 31.7 Å². The number of anilines is 1. The number of hydrogen-bond donors (Lipinski definition) is 1. The predicted octanol–water partition coefficient (Wildman–Crippen LogP) is 5.28. The zero-order chi connectivity index (χ0) is 15.3.